The second-order valence-corrected chi connectivity index (χ2v) is 5.73. The second kappa shape index (κ2) is 5.38. The Kier molecular flexibility index (Phi) is 5.20. The zero-order chi connectivity index (χ0) is 13.9. The third kappa shape index (κ3) is 3.21. The first-order valence-electron chi connectivity index (χ1n) is 6.37. The number of hydrogen-bond donors (Lipinski definition) is 0. The van der Waals surface area contributed by atoms with Gasteiger partial charge in [-0.25, -0.2) is 0 Å². The van der Waals surface area contributed by atoms with Crippen molar-refractivity contribution < 1.29 is 14.3 Å². The lowest BCUT2D eigenvalue weighted by Gasteiger charge is -2.52. The maximum absolute atomic E-state index is 11.2. The molecule has 1 unspecified atom stereocenters. The summed E-state index contributed by atoms with van der Waals surface area (Å²) in [6, 6.07) is 0. The Morgan fingerprint density at radius 1 is 1.00 bits per heavy atom. The third-order valence-corrected chi connectivity index (χ3v) is 4.27. The lowest BCUT2D eigenvalue weighted by Crippen LogP contribution is -2.57. The van der Waals surface area contributed by atoms with E-state index in [0.717, 1.165) is 6.42 Å². The second-order valence-electron chi connectivity index (χ2n) is 5.73. The largest absolute Gasteiger partial charge is 0.459 e. The van der Waals surface area contributed by atoms with Crippen molar-refractivity contribution >= 4 is 5.97 Å². The van der Waals surface area contributed by atoms with E-state index >= 15 is 0 Å². The van der Waals surface area contributed by atoms with Gasteiger partial charge in [0.2, 0.25) is 0 Å². The summed E-state index contributed by atoms with van der Waals surface area (Å²) < 4.78 is 11.4. The van der Waals surface area contributed by atoms with Crippen molar-refractivity contribution in [2.75, 3.05) is 6.61 Å². The van der Waals surface area contributed by atoms with Gasteiger partial charge in [0, 0.05) is 18.9 Å². The van der Waals surface area contributed by atoms with Crippen LogP contribution in [0.15, 0.2) is 0 Å². The van der Waals surface area contributed by atoms with E-state index in [1.54, 1.807) is 0 Å². The Morgan fingerprint density at radius 3 is 1.76 bits per heavy atom. The van der Waals surface area contributed by atoms with Crippen LogP contribution in [0, 0.1) is 5.41 Å². The van der Waals surface area contributed by atoms with Gasteiger partial charge in [-0.15, -0.1) is 0 Å². The third-order valence-electron chi connectivity index (χ3n) is 4.27. The van der Waals surface area contributed by atoms with Crippen LogP contribution in [0.2, 0.25) is 0 Å². The number of hydrogen-bond acceptors (Lipinski definition) is 3. The Hall–Kier alpha value is -0.570. The Bertz CT molecular complexity index is 269. The summed E-state index contributed by atoms with van der Waals surface area (Å²) in [6.07, 6.45) is 0.875. The van der Waals surface area contributed by atoms with Gasteiger partial charge in [0.1, 0.15) is 5.60 Å². The average molecular weight is 244 g/mol. The van der Waals surface area contributed by atoms with Gasteiger partial charge in [-0.3, -0.25) is 4.79 Å². The van der Waals surface area contributed by atoms with Crippen LogP contribution in [0.1, 0.15) is 61.8 Å². The van der Waals surface area contributed by atoms with E-state index in [1.165, 1.54) is 6.92 Å². The Labute approximate surface area is 106 Å². The molecular formula is C14H28O3. The first-order chi connectivity index (χ1) is 7.54. The van der Waals surface area contributed by atoms with Crippen molar-refractivity contribution in [3.63, 3.8) is 0 Å². The maximum Gasteiger partial charge on any atom is 0.303 e. The van der Waals surface area contributed by atoms with Gasteiger partial charge in [-0.2, -0.15) is 0 Å². The highest BCUT2D eigenvalue weighted by molar-refractivity contribution is 5.66. The molecule has 0 saturated carbocycles. The number of esters is 1. The van der Waals surface area contributed by atoms with Crippen LogP contribution in [-0.2, 0) is 14.3 Å². The van der Waals surface area contributed by atoms with Gasteiger partial charge >= 0.3 is 5.97 Å². The molecule has 0 aromatic rings. The Morgan fingerprint density at radius 2 is 1.47 bits per heavy atom. The van der Waals surface area contributed by atoms with Crippen LogP contribution in [0.5, 0.6) is 0 Å². The minimum atomic E-state index is -0.563. The summed E-state index contributed by atoms with van der Waals surface area (Å²) in [4.78, 5) is 11.2. The first-order valence-corrected chi connectivity index (χ1v) is 6.37. The van der Waals surface area contributed by atoms with E-state index in [4.69, 9.17) is 9.47 Å². The maximum atomic E-state index is 11.2. The van der Waals surface area contributed by atoms with Crippen LogP contribution in [0.4, 0.5) is 0 Å². The smallest absolute Gasteiger partial charge is 0.303 e. The fraction of sp³-hybridized carbons (Fsp3) is 0.929. The van der Waals surface area contributed by atoms with E-state index < -0.39 is 5.60 Å². The fourth-order valence-electron chi connectivity index (χ4n) is 2.57. The lowest BCUT2D eigenvalue weighted by molar-refractivity contribution is -0.206. The van der Waals surface area contributed by atoms with Crippen molar-refractivity contribution in [1.29, 1.82) is 0 Å². The normalized spacial score (nSPS) is 16.5. The van der Waals surface area contributed by atoms with Crippen molar-refractivity contribution in [2.45, 2.75) is 73.0 Å². The molecule has 0 spiro atoms. The predicted octanol–water partition coefficient (Wildman–Crippen LogP) is 3.56. The first kappa shape index (κ1) is 16.4. The zero-order valence-electron chi connectivity index (χ0n) is 12.6. The molecule has 0 aliphatic carbocycles. The molecule has 1 atom stereocenters. The van der Waals surface area contributed by atoms with Crippen molar-refractivity contribution in [3.8, 4) is 0 Å². The zero-order valence-corrected chi connectivity index (χ0v) is 12.6. The molecule has 102 valence electrons. The molecule has 0 bridgehead atoms. The number of carbonyl (C=O) groups excluding carboxylic acids is 1. The highest BCUT2D eigenvalue weighted by atomic mass is 16.6. The highest BCUT2D eigenvalue weighted by Crippen LogP contribution is 2.47. The number of carbonyl (C=O) groups is 1. The molecule has 0 amide bonds. The monoisotopic (exact) mass is 244 g/mol. The summed E-state index contributed by atoms with van der Waals surface area (Å²) in [5.41, 5.74) is -1.16. The van der Waals surface area contributed by atoms with Crippen LogP contribution >= 0.6 is 0 Å². The van der Waals surface area contributed by atoms with Crippen LogP contribution in [0.3, 0.4) is 0 Å². The SMILES string of the molecule is CCOC(C)(C)C(C)(CC)C(C)(C)OC(C)=O. The molecule has 0 fully saturated rings. The van der Waals surface area contributed by atoms with Crippen LogP contribution in [0.25, 0.3) is 0 Å². The molecule has 17 heavy (non-hydrogen) atoms. The number of rotatable bonds is 6. The van der Waals surface area contributed by atoms with Gasteiger partial charge in [0.15, 0.2) is 0 Å². The molecule has 0 saturated heterocycles. The topological polar surface area (TPSA) is 35.5 Å². The molecule has 0 aromatic carbocycles. The van der Waals surface area contributed by atoms with Gasteiger partial charge < -0.3 is 9.47 Å². The van der Waals surface area contributed by atoms with Gasteiger partial charge in [0.05, 0.1) is 5.60 Å². The molecule has 0 heterocycles. The number of ether oxygens (including phenoxy) is 2. The van der Waals surface area contributed by atoms with E-state index in [0.29, 0.717) is 6.61 Å². The Balaban J connectivity index is 5.32. The highest BCUT2D eigenvalue weighted by Gasteiger charge is 2.53. The van der Waals surface area contributed by atoms with E-state index in [-0.39, 0.29) is 17.0 Å². The van der Waals surface area contributed by atoms with E-state index in [2.05, 4.69) is 27.7 Å². The lowest BCUT2D eigenvalue weighted by atomic mass is 9.63. The van der Waals surface area contributed by atoms with Crippen molar-refractivity contribution in [1.82, 2.24) is 0 Å². The van der Waals surface area contributed by atoms with Gasteiger partial charge in [-0.05, 0) is 41.0 Å². The molecule has 0 N–H and O–H groups in total. The molecule has 3 heteroatoms. The summed E-state index contributed by atoms with van der Waals surface area (Å²) in [5.74, 6) is -0.248. The molecule has 0 aliphatic rings. The quantitative estimate of drug-likeness (QED) is 0.670. The molecule has 0 aliphatic heterocycles. The van der Waals surface area contributed by atoms with Gasteiger partial charge in [-0.1, -0.05) is 13.8 Å². The summed E-state index contributed by atoms with van der Waals surface area (Å²) in [7, 11) is 0. The molecule has 3 nitrogen and oxygen atoms in total. The standard InChI is InChI=1S/C14H28O3/c1-9-14(8,12(4,5)16-10-2)13(6,7)17-11(3)15/h9-10H2,1-8H3. The predicted molar refractivity (Wildman–Crippen MR) is 69.9 cm³/mol. The van der Waals surface area contributed by atoms with Crippen molar-refractivity contribution in [3.05, 3.63) is 0 Å². The van der Waals surface area contributed by atoms with E-state index in [9.17, 15) is 4.79 Å². The molecule has 0 radical (unpaired) electrons. The van der Waals surface area contributed by atoms with Crippen LogP contribution < -0.4 is 0 Å². The minimum absolute atomic E-state index is 0.248. The minimum Gasteiger partial charge on any atom is -0.459 e. The van der Waals surface area contributed by atoms with Crippen molar-refractivity contribution in [2.24, 2.45) is 5.41 Å². The van der Waals surface area contributed by atoms with Crippen LogP contribution in [-0.4, -0.2) is 23.8 Å². The summed E-state index contributed by atoms with van der Waals surface area (Å²) in [5, 5.41) is 0. The fourth-order valence-corrected chi connectivity index (χ4v) is 2.57. The molecule has 0 rings (SSSR count). The molecule has 0 aromatic heterocycles. The van der Waals surface area contributed by atoms with Gasteiger partial charge in [0.25, 0.3) is 0 Å². The summed E-state index contributed by atoms with van der Waals surface area (Å²) >= 11 is 0. The average Bonchev–Trinajstić information content (AvgIpc) is 2.13. The summed E-state index contributed by atoms with van der Waals surface area (Å²) in [6.45, 7) is 16.3. The van der Waals surface area contributed by atoms with E-state index in [1.807, 2.05) is 20.8 Å². The molecular weight excluding hydrogens is 216 g/mol.